The van der Waals surface area contributed by atoms with Gasteiger partial charge in [0.25, 0.3) is 0 Å². The van der Waals surface area contributed by atoms with Crippen LogP contribution >= 0.6 is 22.9 Å². The smallest absolute Gasteiger partial charge is 0.193 e. The zero-order valence-electron chi connectivity index (χ0n) is 16.9. The van der Waals surface area contributed by atoms with Gasteiger partial charge in [-0.1, -0.05) is 29.8 Å². The van der Waals surface area contributed by atoms with Gasteiger partial charge in [0.05, 0.1) is 5.00 Å². The van der Waals surface area contributed by atoms with Gasteiger partial charge in [0.15, 0.2) is 5.96 Å². The lowest BCUT2D eigenvalue weighted by atomic mass is 9.74. The standard InChI is InChI=1S/C22H29ClN4OS/c1-24-21(27-12-10-26(11-13-27)20-7-4-16-29-20)25-17-22(8-14-28-15-9-22)18-5-2-3-6-19(18)23/h2-7,16H,8-15,17H2,1H3,(H,24,25). The van der Waals surface area contributed by atoms with E-state index in [0.29, 0.717) is 0 Å². The van der Waals surface area contributed by atoms with E-state index in [-0.39, 0.29) is 5.41 Å². The number of hydrogen-bond donors (Lipinski definition) is 1. The highest BCUT2D eigenvalue weighted by molar-refractivity contribution is 7.14. The molecule has 29 heavy (non-hydrogen) atoms. The first kappa shape index (κ1) is 20.5. The average molecular weight is 433 g/mol. The van der Waals surface area contributed by atoms with E-state index in [0.717, 1.165) is 69.8 Å². The number of thiophene rings is 1. The summed E-state index contributed by atoms with van der Waals surface area (Å²) in [4.78, 5) is 9.40. The van der Waals surface area contributed by atoms with Gasteiger partial charge in [-0.15, -0.1) is 11.3 Å². The van der Waals surface area contributed by atoms with Crippen LogP contribution in [0.25, 0.3) is 0 Å². The molecule has 5 nitrogen and oxygen atoms in total. The van der Waals surface area contributed by atoms with E-state index in [1.54, 1.807) is 0 Å². The van der Waals surface area contributed by atoms with E-state index in [2.05, 4.69) is 49.8 Å². The number of guanidine groups is 1. The molecule has 0 aliphatic carbocycles. The van der Waals surface area contributed by atoms with Gasteiger partial charge in [-0.05, 0) is 42.0 Å². The minimum Gasteiger partial charge on any atom is -0.381 e. The summed E-state index contributed by atoms with van der Waals surface area (Å²) < 4.78 is 5.67. The van der Waals surface area contributed by atoms with E-state index in [1.807, 2.05) is 30.5 Å². The fraction of sp³-hybridized carbons (Fsp3) is 0.500. The van der Waals surface area contributed by atoms with E-state index >= 15 is 0 Å². The van der Waals surface area contributed by atoms with Crippen LogP contribution in [0, 0.1) is 0 Å². The topological polar surface area (TPSA) is 40.1 Å². The second-order valence-corrected chi connectivity index (χ2v) is 9.03. The Labute approximate surface area is 182 Å². The van der Waals surface area contributed by atoms with Gasteiger partial charge in [-0.3, -0.25) is 4.99 Å². The normalized spacial score (nSPS) is 20.0. The third-order valence-electron chi connectivity index (χ3n) is 6.09. The largest absolute Gasteiger partial charge is 0.381 e. The molecule has 3 heterocycles. The van der Waals surface area contributed by atoms with Crippen LogP contribution in [0.3, 0.4) is 0 Å². The Morgan fingerprint density at radius 1 is 1.14 bits per heavy atom. The molecule has 156 valence electrons. The first-order valence-corrected chi connectivity index (χ1v) is 11.5. The minimum absolute atomic E-state index is 0.0225. The van der Waals surface area contributed by atoms with Crippen LogP contribution in [0.2, 0.25) is 5.02 Å². The SMILES string of the molecule is CN=C(NCC1(c2ccccc2Cl)CCOCC1)N1CCN(c2cccs2)CC1. The third kappa shape index (κ3) is 4.55. The molecule has 0 spiro atoms. The third-order valence-corrected chi connectivity index (χ3v) is 7.35. The number of benzene rings is 1. The van der Waals surface area contributed by atoms with Crippen LogP contribution in [0.1, 0.15) is 18.4 Å². The van der Waals surface area contributed by atoms with Crippen LogP contribution in [0.5, 0.6) is 0 Å². The molecular weight excluding hydrogens is 404 g/mol. The number of nitrogens with one attached hydrogen (secondary N) is 1. The first-order valence-electron chi connectivity index (χ1n) is 10.3. The summed E-state index contributed by atoms with van der Waals surface area (Å²) in [6, 6.07) is 12.6. The Bertz CT molecular complexity index is 812. The average Bonchev–Trinajstić information content (AvgIpc) is 3.31. The summed E-state index contributed by atoms with van der Waals surface area (Å²) in [5.41, 5.74) is 1.20. The van der Waals surface area contributed by atoms with Crippen LogP contribution in [-0.4, -0.2) is 63.8 Å². The van der Waals surface area contributed by atoms with Crippen molar-refractivity contribution in [2.75, 3.05) is 57.9 Å². The van der Waals surface area contributed by atoms with Crippen molar-refractivity contribution in [1.29, 1.82) is 0 Å². The molecule has 2 aliphatic rings. The lowest BCUT2D eigenvalue weighted by Crippen LogP contribution is -2.55. The lowest BCUT2D eigenvalue weighted by molar-refractivity contribution is 0.0512. The number of aliphatic imine (C=N–C) groups is 1. The molecular formula is C22H29ClN4OS. The summed E-state index contributed by atoms with van der Waals surface area (Å²) in [7, 11) is 1.88. The summed E-state index contributed by atoms with van der Waals surface area (Å²) in [6.07, 6.45) is 1.93. The second kappa shape index (κ2) is 9.37. The van der Waals surface area contributed by atoms with Crippen LogP contribution < -0.4 is 10.2 Å². The quantitative estimate of drug-likeness (QED) is 0.588. The molecule has 0 radical (unpaired) electrons. The maximum atomic E-state index is 6.60. The van der Waals surface area contributed by atoms with Crippen molar-refractivity contribution in [3.63, 3.8) is 0 Å². The predicted octanol–water partition coefficient (Wildman–Crippen LogP) is 3.85. The van der Waals surface area contributed by atoms with Crippen molar-refractivity contribution in [3.05, 3.63) is 52.4 Å². The highest BCUT2D eigenvalue weighted by atomic mass is 35.5. The molecule has 1 aromatic heterocycles. The number of nitrogens with zero attached hydrogens (tertiary/aromatic N) is 3. The highest BCUT2D eigenvalue weighted by Gasteiger charge is 2.36. The fourth-order valence-corrected chi connectivity index (χ4v) is 5.49. The predicted molar refractivity (Wildman–Crippen MR) is 123 cm³/mol. The van der Waals surface area contributed by atoms with E-state index < -0.39 is 0 Å². The Hall–Kier alpha value is -1.76. The van der Waals surface area contributed by atoms with Crippen molar-refractivity contribution in [1.82, 2.24) is 10.2 Å². The summed E-state index contributed by atoms with van der Waals surface area (Å²) in [5.74, 6) is 0.980. The van der Waals surface area contributed by atoms with Crippen LogP contribution in [0.4, 0.5) is 5.00 Å². The lowest BCUT2D eigenvalue weighted by Gasteiger charge is -2.41. The van der Waals surface area contributed by atoms with Crippen LogP contribution in [0.15, 0.2) is 46.8 Å². The summed E-state index contributed by atoms with van der Waals surface area (Å²) >= 11 is 8.41. The van der Waals surface area contributed by atoms with Gasteiger partial charge >= 0.3 is 0 Å². The van der Waals surface area contributed by atoms with E-state index in [4.69, 9.17) is 16.3 Å². The summed E-state index contributed by atoms with van der Waals surface area (Å²) in [6.45, 7) is 6.34. The Morgan fingerprint density at radius 2 is 1.90 bits per heavy atom. The Balaban J connectivity index is 1.42. The fourth-order valence-electron chi connectivity index (χ4n) is 4.36. The molecule has 2 aromatic rings. The summed E-state index contributed by atoms with van der Waals surface area (Å²) in [5, 5.41) is 8.01. The molecule has 0 unspecified atom stereocenters. The second-order valence-electron chi connectivity index (χ2n) is 7.70. The Morgan fingerprint density at radius 3 is 2.55 bits per heavy atom. The molecule has 1 N–H and O–H groups in total. The van der Waals surface area contributed by atoms with Gasteiger partial charge in [0.2, 0.25) is 0 Å². The van der Waals surface area contributed by atoms with Gasteiger partial charge in [-0.2, -0.15) is 0 Å². The monoisotopic (exact) mass is 432 g/mol. The molecule has 2 aliphatic heterocycles. The maximum Gasteiger partial charge on any atom is 0.193 e. The van der Waals surface area contributed by atoms with Crippen molar-refractivity contribution in [2.24, 2.45) is 4.99 Å². The zero-order valence-corrected chi connectivity index (χ0v) is 18.5. The van der Waals surface area contributed by atoms with Crippen molar-refractivity contribution < 1.29 is 4.74 Å². The van der Waals surface area contributed by atoms with E-state index in [1.165, 1.54) is 10.6 Å². The molecule has 0 atom stereocenters. The molecule has 1 aromatic carbocycles. The number of rotatable bonds is 4. The van der Waals surface area contributed by atoms with Gasteiger partial charge in [0.1, 0.15) is 0 Å². The highest BCUT2D eigenvalue weighted by Crippen LogP contribution is 2.38. The van der Waals surface area contributed by atoms with Crippen LogP contribution in [-0.2, 0) is 10.2 Å². The molecule has 0 amide bonds. The molecule has 0 bridgehead atoms. The van der Waals surface area contributed by atoms with Crippen molar-refractivity contribution in [3.8, 4) is 0 Å². The molecule has 2 fully saturated rings. The zero-order chi connectivity index (χ0) is 20.1. The number of piperazine rings is 1. The molecule has 4 rings (SSSR count). The molecule has 0 saturated carbocycles. The van der Waals surface area contributed by atoms with Crippen molar-refractivity contribution >= 4 is 33.9 Å². The maximum absolute atomic E-state index is 6.60. The van der Waals surface area contributed by atoms with Crippen molar-refractivity contribution in [2.45, 2.75) is 18.3 Å². The number of hydrogen-bond acceptors (Lipinski definition) is 4. The van der Waals surface area contributed by atoms with Gasteiger partial charge in [0, 0.05) is 63.4 Å². The van der Waals surface area contributed by atoms with Gasteiger partial charge in [-0.25, -0.2) is 0 Å². The molecule has 7 heteroatoms. The van der Waals surface area contributed by atoms with E-state index in [9.17, 15) is 0 Å². The Kier molecular flexibility index (Phi) is 6.63. The minimum atomic E-state index is -0.0225. The van der Waals surface area contributed by atoms with Gasteiger partial charge < -0.3 is 19.9 Å². The number of ether oxygens (including phenoxy) is 1. The number of anilines is 1. The number of halogens is 1. The first-order chi connectivity index (χ1) is 14.2. The molecule has 2 saturated heterocycles.